The third-order valence-corrected chi connectivity index (χ3v) is 12.4. The number of aromatic nitrogens is 2. The van der Waals surface area contributed by atoms with Gasteiger partial charge in [-0.3, -0.25) is 24.0 Å². The van der Waals surface area contributed by atoms with Crippen LogP contribution in [0.4, 0.5) is 0 Å². The van der Waals surface area contributed by atoms with Crippen LogP contribution >= 0.6 is 34.4 Å². The van der Waals surface area contributed by atoms with Gasteiger partial charge in [0.05, 0.1) is 12.1 Å². The maximum Gasteiger partial charge on any atom is 0.271 e. The maximum absolute atomic E-state index is 14.4. The minimum absolute atomic E-state index is 0.150. The fourth-order valence-electron chi connectivity index (χ4n) is 6.92. The average molecular weight is 794 g/mol. The molecule has 288 valence electrons. The fourth-order valence-corrected chi connectivity index (χ4v) is 9.14. The van der Waals surface area contributed by atoms with Crippen molar-refractivity contribution in [2.75, 3.05) is 31.7 Å². The summed E-state index contributed by atoms with van der Waals surface area (Å²) in [6, 6.07) is 4.01. The molecule has 3 aliphatic rings. The van der Waals surface area contributed by atoms with Gasteiger partial charge in [-0.2, -0.15) is 11.8 Å². The van der Waals surface area contributed by atoms with Crippen molar-refractivity contribution in [3.05, 3.63) is 73.6 Å². The van der Waals surface area contributed by atoms with Crippen molar-refractivity contribution < 1.29 is 28.7 Å². The number of hydrogen-bond donors (Lipinski definition) is 3. The molecular formula is C38H47N7O6S3. The molecule has 16 heteroatoms. The molecule has 2 aromatic heterocycles. The number of fused-ring (bicyclic) bond motifs is 7. The molecule has 13 nitrogen and oxygen atoms in total. The Morgan fingerprint density at radius 3 is 2.11 bits per heavy atom. The monoisotopic (exact) mass is 793 g/mol. The molecule has 5 unspecified atom stereocenters. The normalized spacial score (nSPS) is 23.9. The van der Waals surface area contributed by atoms with Crippen LogP contribution in [0, 0.1) is 0 Å². The van der Waals surface area contributed by atoms with Gasteiger partial charge in [0.25, 0.3) is 11.8 Å². The molecule has 4 bridgehead atoms. The molecule has 5 heterocycles. The zero-order chi connectivity index (χ0) is 38.4. The average Bonchev–Trinajstić information content (AvgIpc) is 3.99. The van der Waals surface area contributed by atoms with E-state index in [-0.39, 0.29) is 41.6 Å². The molecule has 5 atom stereocenters. The summed E-state index contributed by atoms with van der Waals surface area (Å²) in [6.07, 6.45) is 7.07. The molecule has 2 fully saturated rings. The zero-order valence-corrected chi connectivity index (χ0v) is 33.4. The Morgan fingerprint density at radius 2 is 1.44 bits per heavy atom. The molecule has 5 amide bonds. The van der Waals surface area contributed by atoms with Crippen LogP contribution in [-0.2, 0) is 20.8 Å². The molecule has 54 heavy (non-hydrogen) atoms. The first-order chi connectivity index (χ1) is 26.0. The lowest BCUT2D eigenvalue weighted by Gasteiger charge is -2.29. The highest BCUT2D eigenvalue weighted by molar-refractivity contribution is 7.98. The van der Waals surface area contributed by atoms with Crippen LogP contribution in [0.5, 0.6) is 5.75 Å². The highest BCUT2D eigenvalue weighted by atomic mass is 32.2. The predicted octanol–water partition coefficient (Wildman–Crippen LogP) is 4.68. The lowest BCUT2D eigenvalue weighted by Crippen LogP contribution is -2.54. The molecule has 0 aliphatic carbocycles. The van der Waals surface area contributed by atoms with Gasteiger partial charge in [-0.25, -0.2) is 9.97 Å². The number of rotatable bonds is 8. The first kappa shape index (κ1) is 39.4. The molecule has 3 aromatic rings. The van der Waals surface area contributed by atoms with Gasteiger partial charge in [0.2, 0.25) is 17.7 Å². The SMILES string of the molecule is CSCCC1NC(=O)c2csc(n2)C(C)NC(=O)C2CCCN2C(=O)C(Cc2ccc(OCC=C(C)C)cc2)NC(=O)c2csc(n2)C2CCCN2C1=O. The summed E-state index contributed by atoms with van der Waals surface area (Å²) in [5.41, 5.74) is 2.28. The van der Waals surface area contributed by atoms with E-state index in [1.54, 1.807) is 39.2 Å². The maximum atomic E-state index is 14.4. The molecule has 6 rings (SSSR count). The second-order valence-electron chi connectivity index (χ2n) is 14.0. The third-order valence-electron chi connectivity index (χ3n) is 9.82. The first-order valence-electron chi connectivity index (χ1n) is 18.3. The quantitative estimate of drug-likeness (QED) is 0.275. The second kappa shape index (κ2) is 17.9. The Bertz CT molecular complexity index is 1870. The van der Waals surface area contributed by atoms with Crippen molar-refractivity contribution in [1.82, 2.24) is 35.7 Å². The van der Waals surface area contributed by atoms with Crippen molar-refractivity contribution in [2.24, 2.45) is 0 Å². The summed E-state index contributed by atoms with van der Waals surface area (Å²) in [7, 11) is 0. The van der Waals surface area contributed by atoms with Crippen molar-refractivity contribution in [2.45, 2.75) is 89.5 Å². The van der Waals surface area contributed by atoms with Crippen LogP contribution in [0.3, 0.4) is 0 Å². The Balaban J connectivity index is 1.31. The van der Waals surface area contributed by atoms with E-state index in [0.717, 1.165) is 17.6 Å². The van der Waals surface area contributed by atoms with Gasteiger partial charge in [0.1, 0.15) is 51.9 Å². The number of ether oxygens (including phenoxy) is 1. The van der Waals surface area contributed by atoms with E-state index in [9.17, 15) is 24.0 Å². The van der Waals surface area contributed by atoms with Crippen molar-refractivity contribution in [3.8, 4) is 5.75 Å². The number of thioether (sulfide) groups is 1. The van der Waals surface area contributed by atoms with Crippen LogP contribution in [-0.4, -0.2) is 99.1 Å². The van der Waals surface area contributed by atoms with E-state index in [2.05, 4.69) is 20.9 Å². The Labute approximate surface area is 327 Å². The third kappa shape index (κ3) is 9.32. The van der Waals surface area contributed by atoms with Gasteiger partial charge < -0.3 is 30.5 Å². The number of nitrogens with zero attached hydrogens (tertiary/aromatic N) is 4. The van der Waals surface area contributed by atoms with Crippen LogP contribution in [0.15, 0.2) is 46.7 Å². The van der Waals surface area contributed by atoms with E-state index in [1.807, 2.05) is 50.4 Å². The number of amides is 5. The second-order valence-corrected chi connectivity index (χ2v) is 16.8. The molecule has 3 aliphatic heterocycles. The highest BCUT2D eigenvalue weighted by Crippen LogP contribution is 2.35. The van der Waals surface area contributed by atoms with Gasteiger partial charge in [0, 0.05) is 30.3 Å². The van der Waals surface area contributed by atoms with E-state index >= 15 is 0 Å². The number of nitrogens with one attached hydrogen (secondary N) is 3. The molecule has 2 saturated heterocycles. The largest absolute Gasteiger partial charge is 0.490 e. The molecule has 3 N–H and O–H groups in total. The summed E-state index contributed by atoms with van der Waals surface area (Å²) >= 11 is 4.13. The summed E-state index contributed by atoms with van der Waals surface area (Å²) in [5.74, 6) is -0.544. The van der Waals surface area contributed by atoms with Crippen molar-refractivity contribution in [1.29, 1.82) is 0 Å². The summed E-state index contributed by atoms with van der Waals surface area (Å²) < 4.78 is 5.82. The number of carbonyl (C=O) groups excluding carboxylic acids is 5. The van der Waals surface area contributed by atoms with Crippen molar-refractivity contribution in [3.63, 3.8) is 0 Å². The number of carbonyl (C=O) groups is 5. The lowest BCUT2D eigenvalue weighted by molar-refractivity contribution is -0.140. The molecule has 0 radical (unpaired) electrons. The van der Waals surface area contributed by atoms with Gasteiger partial charge in [-0.15, -0.1) is 22.7 Å². The Kier molecular flexibility index (Phi) is 13.1. The van der Waals surface area contributed by atoms with E-state index in [1.165, 1.54) is 22.7 Å². The lowest BCUT2D eigenvalue weighted by atomic mass is 10.0. The van der Waals surface area contributed by atoms with E-state index < -0.39 is 36.0 Å². The number of thiazole rings is 2. The number of hydrogen-bond acceptors (Lipinski definition) is 11. The fraction of sp³-hybridized carbons (Fsp3) is 0.500. The predicted molar refractivity (Wildman–Crippen MR) is 210 cm³/mol. The van der Waals surface area contributed by atoms with Gasteiger partial charge in [-0.1, -0.05) is 17.7 Å². The first-order valence-corrected chi connectivity index (χ1v) is 21.5. The van der Waals surface area contributed by atoms with Gasteiger partial charge >= 0.3 is 0 Å². The number of benzene rings is 1. The molecule has 1 aromatic carbocycles. The molecular weight excluding hydrogens is 747 g/mol. The summed E-state index contributed by atoms with van der Waals surface area (Å²) in [6.45, 7) is 7.09. The molecule has 0 spiro atoms. The van der Waals surface area contributed by atoms with Crippen molar-refractivity contribution >= 4 is 64.0 Å². The standard InChI is InChI=1S/C38H47N7O6S3/c1-22(2)13-17-51-25-11-9-24(10-12-25)19-27-38(50)44-15-5-7-30(44)34(48)39-23(3)35-42-28(20-53-35)32(46)40-26(14-18-52-4)37(49)45-16-6-8-31(45)36-43-29(21-54-36)33(47)41-27/h9-13,20-21,23,26-27,30-31H,5-8,14-19H2,1-4H3,(H,39,48)(H,40,46)(H,41,47). The van der Waals surface area contributed by atoms with E-state index in [0.29, 0.717) is 66.9 Å². The topological polar surface area (TPSA) is 163 Å². The van der Waals surface area contributed by atoms with Crippen LogP contribution < -0.4 is 20.7 Å². The van der Waals surface area contributed by atoms with E-state index in [4.69, 9.17) is 9.72 Å². The number of allylic oxidation sites excluding steroid dienone is 1. The Morgan fingerprint density at radius 1 is 0.852 bits per heavy atom. The minimum atomic E-state index is -0.986. The zero-order valence-electron chi connectivity index (χ0n) is 31.0. The summed E-state index contributed by atoms with van der Waals surface area (Å²) in [4.78, 5) is 82.0. The Hall–Kier alpha value is -4.28. The summed E-state index contributed by atoms with van der Waals surface area (Å²) in [5, 5.41) is 13.3. The van der Waals surface area contributed by atoms with Crippen LogP contribution in [0.2, 0.25) is 0 Å². The van der Waals surface area contributed by atoms with Gasteiger partial charge in [-0.05, 0) is 88.7 Å². The van der Waals surface area contributed by atoms with Gasteiger partial charge in [0.15, 0.2) is 0 Å². The van der Waals surface area contributed by atoms with Crippen LogP contribution in [0.1, 0.15) is 102 Å². The van der Waals surface area contributed by atoms with Crippen LogP contribution in [0.25, 0.3) is 0 Å². The smallest absolute Gasteiger partial charge is 0.271 e. The highest BCUT2D eigenvalue weighted by Gasteiger charge is 2.40. The molecule has 0 saturated carbocycles. The minimum Gasteiger partial charge on any atom is -0.490 e.